The lowest BCUT2D eigenvalue weighted by Crippen LogP contribution is -2.19. The fourth-order valence-electron chi connectivity index (χ4n) is 2.35. The molecule has 5 nitrogen and oxygen atoms in total. The first-order valence-corrected chi connectivity index (χ1v) is 7.90. The number of aromatic nitrogens is 1. The Balaban J connectivity index is 1.68. The molecule has 1 heterocycles. The van der Waals surface area contributed by atoms with E-state index < -0.39 is 18.7 Å². The van der Waals surface area contributed by atoms with Crippen LogP contribution in [0.5, 0.6) is 11.5 Å². The molecule has 0 unspecified atom stereocenters. The molecule has 3 aromatic rings. The summed E-state index contributed by atoms with van der Waals surface area (Å²) in [6.45, 7) is -1.37. The lowest BCUT2D eigenvalue weighted by molar-refractivity contribution is -0.153. The molecule has 0 aliphatic rings. The molecule has 0 bridgehead atoms. The number of pyridine rings is 1. The average Bonchev–Trinajstić information content (AvgIpc) is 2.66. The van der Waals surface area contributed by atoms with E-state index in [1.54, 1.807) is 31.4 Å². The van der Waals surface area contributed by atoms with E-state index in [1.807, 2.05) is 6.07 Å². The number of halogens is 3. The van der Waals surface area contributed by atoms with Crippen molar-refractivity contribution in [2.75, 3.05) is 19.0 Å². The first-order valence-electron chi connectivity index (χ1n) is 7.90. The summed E-state index contributed by atoms with van der Waals surface area (Å²) >= 11 is 0. The summed E-state index contributed by atoms with van der Waals surface area (Å²) in [6.07, 6.45) is -4.40. The fraction of sp³-hybridized carbons (Fsp3) is 0.158. The van der Waals surface area contributed by atoms with Crippen molar-refractivity contribution in [1.29, 1.82) is 0 Å². The Morgan fingerprint density at radius 1 is 1.04 bits per heavy atom. The van der Waals surface area contributed by atoms with Gasteiger partial charge in [0, 0.05) is 11.1 Å². The molecule has 8 heteroatoms. The molecule has 1 N–H and O–H groups in total. The maximum Gasteiger partial charge on any atom is 0.422 e. The summed E-state index contributed by atoms with van der Waals surface area (Å²) < 4.78 is 46.2. The van der Waals surface area contributed by atoms with Crippen molar-refractivity contribution in [3.8, 4) is 11.5 Å². The minimum Gasteiger partial charge on any atom is -0.497 e. The second-order valence-corrected chi connectivity index (χ2v) is 5.64. The van der Waals surface area contributed by atoms with E-state index in [4.69, 9.17) is 4.74 Å². The van der Waals surface area contributed by atoms with Gasteiger partial charge in [-0.3, -0.25) is 4.79 Å². The number of fused-ring (bicyclic) bond motifs is 1. The maximum atomic E-state index is 12.3. The normalized spacial score (nSPS) is 11.3. The van der Waals surface area contributed by atoms with Crippen LogP contribution in [0.1, 0.15) is 10.5 Å². The van der Waals surface area contributed by atoms with Crippen LogP contribution in [-0.2, 0) is 0 Å². The van der Waals surface area contributed by atoms with Crippen molar-refractivity contribution in [3.63, 3.8) is 0 Å². The molecule has 0 saturated heterocycles. The molecule has 3 rings (SSSR count). The van der Waals surface area contributed by atoms with E-state index in [0.717, 1.165) is 5.39 Å². The number of rotatable bonds is 5. The third kappa shape index (κ3) is 4.87. The zero-order valence-corrected chi connectivity index (χ0v) is 14.2. The molecule has 1 amide bonds. The number of hydrogen-bond donors (Lipinski definition) is 1. The van der Waals surface area contributed by atoms with Gasteiger partial charge in [-0.25, -0.2) is 4.98 Å². The lowest BCUT2D eigenvalue weighted by atomic mass is 10.2. The molecule has 0 saturated carbocycles. The molecule has 140 valence electrons. The van der Waals surface area contributed by atoms with Crippen LogP contribution < -0.4 is 14.8 Å². The standard InChI is InChI=1S/C19H15F3N2O3/c1-26-15-7-9-16-12(10-15)2-8-17(24-16)18(25)23-13-3-5-14(6-4-13)27-11-19(20,21)22/h2-10H,11H2,1H3,(H,23,25). The van der Waals surface area contributed by atoms with Crippen molar-refractivity contribution in [2.45, 2.75) is 6.18 Å². The van der Waals surface area contributed by atoms with Gasteiger partial charge in [-0.15, -0.1) is 0 Å². The zero-order chi connectivity index (χ0) is 19.4. The summed E-state index contributed by atoms with van der Waals surface area (Å²) in [5, 5.41) is 3.47. The Bertz CT molecular complexity index is 957. The van der Waals surface area contributed by atoms with Crippen molar-refractivity contribution in [2.24, 2.45) is 0 Å². The topological polar surface area (TPSA) is 60.5 Å². The lowest BCUT2D eigenvalue weighted by Gasteiger charge is -2.10. The second kappa shape index (κ2) is 7.53. The van der Waals surface area contributed by atoms with Crippen LogP contribution in [0, 0.1) is 0 Å². The summed E-state index contributed by atoms with van der Waals surface area (Å²) in [5.41, 5.74) is 1.26. The number of methoxy groups -OCH3 is 1. The largest absolute Gasteiger partial charge is 0.497 e. The molecule has 0 atom stereocenters. The van der Waals surface area contributed by atoms with Gasteiger partial charge in [-0.05, 0) is 48.5 Å². The van der Waals surface area contributed by atoms with Gasteiger partial charge >= 0.3 is 6.18 Å². The van der Waals surface area contributed by atoms with Crippen molar-refractivity contribution < 1.29 is 27.4 Å². The molecule has 1 aromatic heterocycles. The predicted octanol–water partition coefficient (Wildman–Crippen LogP) is 4.44. The van der Waals surface area contributed by atoms with E-state index in [9.17, 15) is 18.0 Å². The van der Waals surface area contributed by atoms with Gasteiger partial charge in [0.2, 0.25) is 0 Å². The van der Waals surface area contributed by atoms with Crippen LogP contribution in [0.3, 0.4) is 0 Å². The smallest absolute Gasteiger partial charge is 0.422 e. The number of carbonyl (C=O) groups is 1. The van der Waals surface area contributed by atoms with Gasteiger partial charge in [0.15, 0.2) is 6.61 Å². The number of nitrogens with one attached hydrogen (secondary N) is 1. The third-order valence-corrected chi connectivity index (χ3v) is 3.64. The van der Waals surface area contributed by atoms with Crippen LogP contribution in [0.15, 0.2) is 54.6 Å². The Morgan fingerprint density at radius 2 is 1.74 bits per heavy atom. The Morgan fingerprint density at radius 3 is 2.41 bits per heavy atom. The van der Waals surface area contributed by atoms with Crippen LogP contribution in [0.2, 0.25) is 0 Å². The zero-order valence-electron chi connectivity index (χ0n) is 14.2. The van der Waals surface area contributed by atoms with Crippen LogP contribution in [0.4, 0.5) is 18.9 Å². The summed E-state index contributed by atoms with van der Waals surface area (Å²) in [7, 11) is 1.57. The van der Waals surface area contributed by atoms with E-state index in [-0.39, 0.29) is 11.4 Å². The first-order chi connectivity index (χ1) is 12.8. The molecule has 0 fully saturated rings. The van der Waals surface area contributed by atoms with E-state index >= 15 is 0 Å². The second-order valence-electron chi connectivity index (χ2n) is 5.64. The third-order valence-electron chi connectivity index (χ3n) is 3.64. The van der Waals surface area contributed by atoms with Crippen LogP contribution >= 0.6 is 0 Å². The maximum absolute atomic E-state index is 12.3. The SMILES string of the molecule is COc1ccc2nc(C(=O)Nc3ccc(OCC(F)(F)F)cc3)ccc2c1. The highest BCUT2D eigenvalue weighted by Crippen LogP contribution is 2.22. The number of amides is 1. The summed E-state index contributed by atoms with van der Waals surface area (Å²) in [4.78, 5) is 16.6. The van der Waals surface area contributed by atoms with Crippen molar-refractivity contribution in [1.82, 2.24) is 4.98 Å². The number of carbonyl (C=O) groups excluding carboxylic acids is 1. The molecule has 27 heavy (non-hydrogen) atoms. The Labute approximate surface area is 152 Å². The van der Waals surface area contributed by atoms with Gasteiger partial charge in [-0.2, -0.15) is 13.2 Å². The number of nitrogens with zero attached hydrogens (tertiary/aromatic N) is 1. The Kier molecular flexibility index (Phi) is 5.16. The molecule has 0 aliphatic heterocycles. The summed E-state index contributed by atoms with van der Waals surface area (Å²) in [6, 6.07) is 14.2. The number of hydrogen-bond acceptors (Lipinski definition) is 4. The van der Waals surface area contributed by atoms with Crippen molar-refractivity contribution >= 4 is 22.5 Å². The summed E-state index contributed by atoms with van der Waals surface area (Å²) in [5.74, 6) is 0.314. The minimum atomic E-state index is -4.40. The number of alkyl halides is 3. The van der Waals surface area contributed by atoms with Crippen LogP contribution in [-0.4, -0.2) is 30.8 Å². The van der Waals surface area contributed by atoms with Crippen LogP contribution in [0.25, 0.3) is 10.9 Å². The van der Waals surface area contributed by atoms with Gasteiger partial charge < -0.3 is 14.8 Å². The predicted molar refractivity (Wildman–Crippen MR) is 94.2 cm³/mol. The van der Waals surface area contributed by atoms with E-state index in [1.165, 1.54) is 24.3 Å². The quantitative estimate of drug-likeness (QED) is 0.715. The van der Waals surface area contributed by atoms with Gasteiger partial charge in [-0.1, -0.05) is 6.07 Å². The highest BCUT2D eigenvalue weighted by molar-refractivity contribution is 6.04. The molecule has 0 aliphatic carbocycles. The highest BCUT2D eigenvalue weighted by Gasteiger charge is 2.28. The molecule has 0 radical (unpaired) electrons. The number of benzene rings is 2. The molecule has 0 spiro atoms. The molecular weight excluding hydrogens is 361 g/mol. The van der Waals surface area contributed by atoms with E-state index in [0.29, 0.717) is 17.0 Å². The molecule has 2 aromatic carbocycles. The highest BCUT2D eigenvalue weighted by atomic mass is 19.4. The van der Waals surface area contributed by atoms with Gasteiger partial charge in [0.25, 0.3) is 5.91 Å². The number of ether oxygens (including phenoxy) is 2. The fourth-order valence-corrected chi connectivity index (χ4v) is 2.35. The van der Waals surface area contributed by atoms with Gasteiger partial charge in [0.05, 0.1) is 12.6 Å². The minimum absolute atomic E-state index is 0.0584. The monoisotopic (exact) mass is 376 g/mol. The van der Waals surface area contributed by atoms with E-state index in [2.05, 4.69) is 15.0 Å². The first kappa shape index (κ1) is 18.5. The van der Waals surface area contributed by atoms with Crippen molar-refractivity contribution in [3.05, 3.63) is 60.3 Å². The Hall–Kier alpha value is -3.29. The average molecular weight is 376 g/mol. The molecular formula is C19H15F3N2O3. The number of anilines is 1. The van der Waals surface area contributed by atoms with Gasteiger partial charge in [0.1, 0.15) is 17.2 Å².